The molecule has 7 nitrogen and oxygen atoms in total. The fourth-order valence-corrected chi connectivity index (χ4v) is 3.71. The molecule has 0 aromatic heterocycles. The van der Waals surface area contributed by atoms with Crippen LogP contribution in [0.25, 0.3) is 0 Å². The summed E-state index contributed by atoms with van der Waals surface area (Å²) in [6.07, 6.45) is 0.872. The number of fused-ring (bicyclic) bond motifs is 1. The second kappa shape index (κ2) is 8.14. The van der Waals surface area contributed by atoms with E-state index in [1.165, 1.54) is 17.0 Å². The minimum Gasteiger partial charge on any atom is -0.467 e. The first-order valence-electron chi connectivity index (χ1n) is 9.84. The predicted molar refractivity (Wildman–Crippen MR) is 106 cm³/mol. The van der Waals surface area contributed by atoms with Crippen LogP contribution in [0, 0.1) is 5.82 Å². The van der Waals surface area contributed by atoms with Crippen molar-refractivity contribution in [2.75, 3.05) is 13.1 Å². The van der Waals surface area contributed by atoms with Crippen molar-refractivity contribution in [3.8, 4) is 5.75 Å². The van der Waals surface area contributed by atoms with Crippen molar-refractivity contribution in [3.63, 3.8) is 0 Å². The maximum absolute atomic E-state index is 13.0. The molecule has 2 aromatic carbocycles. The van der Waals surface area contributed by atoms with Crippen molar-refractivity contribution in [2.24, 2.45) is 0 Å². The van der Waals surface area contributed by atoms with Crippen molar-refractivity contribution in [1.29, 1.82) is 0 Å². The quantitative estimate of drug-likeness (QED) is 0.805. The summed E-state index contributed by atoms with van der Waals surface area (Å²) < 4.78 is 19.1. The van der Waals surface area contributed by atoms with Crippen LogP contribution in [0.3, 0.4) is 0 Å². The number of hydrogen-bond donors (Lipinski definition) is 2. The van der Waals surface area contributed by atoms with Crippen LogP contribution in [-0.4, -0.2) is 41.4 Å². The molecule has 30 heavy (non-hydrogen) atoms. The third-order valence-electron chi connectivity index (χ3n) is 5.40. The molecule has 0 bridgehead atoms. The van der Waals surface area contributed by atoms with Gasteiger partial charge >= 0.3 is 0 Å². The zero-order valence-electron chi connectivity index (χ0n) is 16.3. The van der Waals surface area contributed by atoms with E-state index in [4.69, 9.17) is 4.74 Å². The number of hydrogen-bond acceptors (Lipinski definition) is 4. The van der Waals surface area contributed by atoms with E-state index in [1.54, 1.807) is 36.4 Å². The van der Waals surface area contributed by atoms with E-state index in [-0.39, 0.29) is 49.6 Å². The van der Waals surface area contributed by atoms with Crippen molar-refractivity contribution in [3.05, 3.63) is 65.5 Å². The van der Waals surface area contributed by atoms with Crippen LogP contribution in [0.2, 0.25) is 0 Å². The molecule has 0 aliphatic carbocycles. The second-order valence-electron chi connectivity index (χ2n) is 7.52. The molecule has 156 valence electrons. The lowest BCUT2D eigenvalue weighted by Crippen LogP contribution is -2.56. The number of benzene rings is 2. The molecule has 2 heterocycles. The van der Waals surface area contributed by atoms with Gasteiger partial charge in [-0.3, -0.25) is 14.4 Å². The van der Waals surface area contributed by atoms with Crippen LogP contribution in [-0.2, 0) is 16.1 Å². The number of para-hydroxylation sites is 1. The summed E-state index contributed by atoms with van der Waals surface area (Å²) in [5.74, 6) is -0.536. The van der Waals surface area contributed by atoms with Crippen molar-refractivity contribution in [2.45, 2.75) is 31.5 Å². The summed E-state index contributed by atoms with van der Waals surface area (Å²) in [5.41, 5.74) is 0.277. The lowest BCUT2D eigenvalue weighted by molar-refractivity contribution is -0.135. The largest absolute Gasteiger partial charge is 0.467 e. The fourth-order valence-electron chi connectivity index (χ4n) is 3.71. The minimum absolute atomic E-state index is 0.0827. The number of rotatable bonds is 4. The SMILES string of the molecule is O=C(CN1CCC2(CCC1=O)NC(=O)c1ccccc1O2)NCc1ccc(F)cc1. The van der Waals surface area contributed by atoms with Crippen LogP contribution in [0.15, 0.2) is 48.5 Å². The first-order chi connectivity index (χ1) is 14.4. The van der Waals surface area contributed by atoms with Gasteiger partial charge in [0.1, 0.15) is 11.6 Å². The molecule has 1 spiro atoms. The maximum Gasteiger partial charge on any atom is 0.258 e. The van der Waals surface area contributed by atoms with Gasteiger partial charge in [-0.1, -0.05) is 24.3 Å². The summed E-state index contributed by atoms with van der Waals surface area (Å²) in [4.78, 5) is 38.8. The van der Waals surface area contributed by atoms with Crippen LogP contribution in [0.5, 0.6) is 5.75 Å². The molecule has 8 heteroatoms. The number of nitrogens with zero attached hydrogens (tertiary/aromatic N) is 1. The van der Waals surface area contributed by atoms with E-state index in [1.807, 2.05) is 0 Å². The standard InChI is InChI=1S/C22H22FN3O4/c23-16-7-5-15(6-8-16)13-24-19(27)14-26-12-11-22(10-9-20(26)28)25-21(29)17-3-1-2-4-18(17)30-22/h1-8H,9-14H2,(H,24,27)(H,25,29). The van der Waals surface area contributed by atoms with Crippen molar-refractivity contribution in [1.82, 2.24) is 15.5 Å². The van der Waals surface area contributed by atoms with E-state index < -0.39 is 5.72 Å². The highest BCUT2D eigenvalue weighted by Crippen LogP contribution is 2.33. The first kappa shape index (κ1) is 19.9. The zero-order chi connectivity index (χ0) is 21.1. The lowest BCUT2D eigenvalue weighted by Gasteiger charge is -2.38. The van der Waals surface area contributed by atoms with E-state index in [2.05, 4.69) is 10.6 Å². The Bertz CT molecular complexity index is 979. The maximum atomic E-state index is 13.0. The molecule has 1 fully saturated rings. The third-order valence-corrected chi connectivity index (χ3v) is 5.40. The van der Waals surface area contributed by atoms with E-state index in [0.29, 0.717) is 24.2 Å². The summed E-state index contributed by atoms with van der Waals surface area (Å²) in [7, 11) is 0. The van der Waals surface area contributed by atoms with E-state index in [0.717, 1.165) is 5.56 Å². The Morgan fingerprint density at radius 1 is 1.13 bits per heavy atom. The molecular weight excluding hydrogens is 389 g/mol. The third kappa shape index (κ3) is 4.27. The Morgan fingerprint density at radius 2 is 1.90 bits per heavy atom. The Hall–Kier alpha value is -3.42. The number of carbonyl (C=O) groups excluding carboxylic acids is 3. The van der Waals surface area contributed by atoms with Gasteiger partial charge in [0.05, 0.1) is 12.1 Å². The van der Waals surface area contributed by atoms with E-state index in [9.17, 15) is 18.8 Å². The average molecular weight is 411 g/mol. The lowest BCUT2D eigenvalue weighted by atomic mass is 10.0. The molecule has 2 N–H and O–H groups in total. The molecular formula is C22H22FN3O4. The summed E-state index contributed by atoms with van der Waals surface area (Å²) in [6, 6.07) is 12.8. The number of ether oxygens (including phenoxy) is 1. The summed E-state index contributed by atoms with van der Waals surface area (Å²) in [6.45, 7) is 0.451. The number of halogens is 1. The molecule has 2 aromatic rings. The molecule has 2 aliphatic rings. The van der Waals surface area contributed by atoms with Gasteiger partial charge in [0.25, 0.3) is 5.91 Å². The van der Waals surface area contributed by atoms with Gasteiger partial charge < -0.3 is 20.3 Å². The monoisotopic (exact) mass is 411 g/mol. The highest BCUT2D eigenvalue weighted by Gasteiger charge is 2.42. The van der Waals surface area contributed by atoms with Gasteiger partial charge in [0.2, 0.25) is 11.8 Å². The van der Waals surface area contributed by atoms with Gasteiger partial charge in [-0.25, -0.2) is 4.39 Å². The van der Waals surface area contributed by atoms with Crippen LogP contribution >= 0.6 is 0 Å². The highest BCUT2D eigenvalue weighted by atomic mass is 19.1. The second-order valence-corrected chi connectivity index (χ2v) is 7.52. The van der Waals surface area contributed by atoms with Gasteiger partial charge in [-0.2, -0.15) is 0 Å². The molecule has 1 atom stereocenters. The van der Waals surface area contributed by atoms with Crippen LogP contribution in [0.1, 0.15) is 35.2 Å². The van der Waals surface area contributed by atoms with Gasteiger partial charge in [-0.05, 0) is 29.8 Å². The summed E-state index contributed by atoms with van der Waals surface area (Å²) >= 11 is 0. The van der Waals surface area contributed by atoms with Gasteiger partial charge in [0.15, 0.2) is 5.72 Å². The van der Waals surface area contributed by atoms with Gasteiger partial charge in [-0.15, -0.1) is 0 Å². The zero-order valence-corrected chi connectivity index (χ0v) is 16.3. The molecule has 0 radical (unpaired) electrons. The molecule has 1 saturated heterocycles. The molecule has 1 unspecified atom stereocenters. The summed E-state index contributed by atoms with van der Waals surface area (Å²) in [5, 5.41) is 5.64. The van der Waals surface area contributed by atoms with Gasteiger partial charge in [0, 0.05) is 32.4 Å². The normalized spacial score (nSPS) is 20.8. The van der Waals surface area contributed by atoms with Crippen molar-refractivity contribution >= 4 is 17.7 Å². The van der Waals surface area contributed by atoms with Crippen LogP contribution in [0.4, 0.5) is 4.39 Å². The molecule has 3 amide bonds. The Morgan fingerprint density at radius 3 is 2.70 bits per heavy atom. The Kier molecular flexibility index (Phi) is 5.39. The first-order valence-corrected chi connectivity index (χ1v) is 9.84. The minimum atomic E-state index is -0.958. The van der Waals surface area contributed by atoms with Crippen molar-refractivity contribution < 1.29 is 23.5 Å². The average Bonchev–Trinajstić information content (AvgIpc) is 2.88. The molecule has 2 aliphatic heterocycles. The number of amides is 3. The number of carbonyl (C=O) groups is 3. The predicted octanol–water partition coefficient (Wildman–Crippen LogP) is 1.97. The van der Waals surface area contributed by atoms with E-state index >= 15 is 0 Å². The number of likely N-dealkylation sites (tertiary alicyclic amines) is 1. The smallest absolute Gasteiger partial charge is 0.258 e. The Balaban J connectivity index is 1.36. The highest BCUT2D eigenvalue weighted by molar-refractivity contribution is 5.98. The number of nitrogens with one attached hydrogen (secondary N) is 2. The topological polar surface area (TPSA) is 87.7 Å². The fraction of sp³-hybridized carbons (Fsp3) is 0.318. The Labute approximate surface area is 173 Å². The van der Waals surface area contributed by atoms with Crippen LogP contribution < -0.4 is 15.4 Å². The molecule has 4 rings (SSSR count). The molecule has 0 saturated carbocycles.